The average Bonchev–Trinajstić information content (AvgIpc) is 3.71. The highest BCUT2D eigenvalue weighted by Gasteiger charge is 2.44. The van der Waals surface area contributed by atoms with Gasteiger partial charge in [-0.25, -0.2) is 0 Å². The second-order valence-corrected chi connectivity index (χ2v) is 8.87. The van der Waals surface area contributed by atoms with Crippen molar-refractivity contribution >= 4 is 39.8 Å². The van der Waals surface area contributed by atoms with E-state index in [1.165, 1.54) is 5.56 Å². The Morgan fingerprint density at radius 1 is 0.944 bits per heavy atom. The molecule has 36 heavy (non-hydrogen) atoms. The van der Waals surface area contributed by atoms with Gasteiger partial charge in [-0.1, -0.05) is 30.3 Å². The third-order valence-corrected chi connectivity index (χ3v) is 6.34. The van der Waals surface area contributed by atoms with Crippen LogP contribution in [0, 0.1) is 5.92 Å². The number of amides is 1. The van der Waals surface area contributed by atoms with E-state index in [1.54, 1.807) is 26.5 Å². The quantitative estimate of drug-likeness (QED) is 0.318. The van der Waals surface area contributed by atoms with Gasteiger partial charge in [0, 0.05) is 29.3 Å². The third-order valence-electron chi connectivity index (χ3n) is 6.14. The van der Waals surface area contributed by atoms with E-state index in [-0.39, 0.29) is 22.9 Å². The van der Waals surface area contributed by atoms with E-state index in [0.29, 0.717) is 23.0 Å². The predicted molar refractivity (Wildman–Crippen MR) is 143 cm³/mol. The number of aromatic nitrogens is 1. The molecule has 2 atom stereocenters. The Kier molecular flexibility index (Phi) is 6.69. The molecule has 1 heterocycles. The highest BCUT2D eigenvalue weighted by atomic mass is 32.1. The maximum absolute atomic E-state index is 12.6. The molecule has 1 fully saturated rings. The molecule has 1 unspecified atom stereocenters. The Morgan fingerprint density at radius 3 is 2.39 bits per heavy atom. The molecule has 2 N–H and O–H groups in total. The van der Waals surface area contributed by atoms with Gasteiger partial charge in [0.05, 0.1) is 19.7 Å². The number of thiocarbonyl (C=S) groups is 1. The van der Waals surface area contributed by atoms with Crippen molar-refractivity contribution in [2.75, 3.05) is 19.5 Å². The summed E-state index contributed by atoms with van der Waals surface area (Å²) in [5, 5.41) is 6.94. The van der Waals surface area contributed by atoms with E-state index in [4.69, 9.17) is 26.4 Å². The molecule has 0 spiro atoms. The molecule has 0 radical (unpaired) electrons. The number of benzene rings is 3. The maximum atomic E-state index is 12.6. The first kappa shape index (κ1) is 23.6. The molecular formula is C28H25N3O4S. The van der Waals surface area contributed by atoms with Gasteiger partial charge in [0.15, 0.2) is 16.6 Å². The fourth-order valence-electron chi connectivity index (χ4n) is 4.19. The van der Waals surface area contributed by atoms with E-state index in [0.717, 1.165) is 23.0 Å². The Bertz CT molecular complexity index is 1410. The van der Waals surface area contributed by atoms with E-state index in [1.807, 2.05) is 54.6 Å². The summed E-state index contributed by atoms with van der Waals surface area (Å²) in [6.45, 7) is 0. The number of hydrogen-bond acceptors (Lipinski definition) is 6. The molecule has 7 nitrogen and oxygen atoms in total. The van der Waals surface area contributed by atoms with Crippen LogP contribution in [-0.2, 0) is 4.79 Å². The number of nitrogens with zero attached hydrogens (tertiary/aromatic N) is 1. The molecule has 0 aliphatic heterocycles. The van der Waals surface area contributed by atoms with Crippen molar-refractivity contribution in [1.29, 1.82) is 0 Å². The van der Waals surface area contributed by atoms with Gasteiger partial charge >= 0.3 is 0 Å². The lowest BCUT2D eigenvalue weighted by molar-refractivity contribution is -0.120. The lowest BCUT2D eigenvalue weighted by atomic mass is 10.1. The fourth-order valence-corrected chi connectivity index (χ4v) is 4.41. The molecule has 1 aromatic heterocycles. The Hall–Kier alpha value is -4.17. The van der Waals surface area contributed by atoms with Crippen molar-refractivity contribution < 1.29 is 19.0 Å². The average molecular weight is 500 g/mol. The highest BCUT2D eigenvalue weighted by molar-refractivity contribution is 7.80. The van der Waals surface area contributed by atoms with Crippen molar-refractivity contribution in [1.82, 2.24) is 10.3 Å². The number of anilines is 1. The van der Waals surface area contributed by atoms with Crippen LogP contribution in [0.2, 0.25) is 0 Å². The zero-order chi connectivity index (χ0) is 25.1. The SMILES string of the molecule is COc1cc2nccc(Oc3ccc(NC(=S)NC(=O)C4C[C@@H]4c4ccccc4)cc3)c2cc1OC. The van der Waals surface area contributed by atoms with E-state index in [2.05, 4.69) is 27.8 Å². The van der Waals surface area contributed by atoms with Gasteiger partial charge in [0.2, 0.25) is 5.91 Å². The first-order valence-corrected chi connectivity index (χ1v) is 11.9. The van der Waals surface area contributed by atoms with Crippen LogP contribution in [0.3, 0.4) is 0 Å². The summed E-state index contributed by atoms with van der Waals surface area (Å²) in [7, 11) is 3.18. The second-order valence-electron chi connectivity index (χ2n) is 8.46. The van der Waals surface area contributed by atoms with Crippen LogP contribution in [0.4, 0.5) is 5.69 Å². The number of carbonyl (C=O) groups excluding carboxylic acids is 1. The third kappa shape index (κ3) is 5.08. The molecule has 0 saturated heterocycles. The topological polar surface area (TPSA) is 81.7 Å². The molecular weight excluding hydrogens is 474 g/mol. The summed E-state index contributed by atoms with van der Waals surface area (Å²) in [6, 6.07) is 22.9. The summed E-state index contributed by atoms with van der Waals surface area (Å²) in [5.41, 5.74) is 2.66. The van der Waals surface area contributed by atoms with Crippen molar-refractivity contribution in [2.24, 2.45) is 5.92 Å². The van der Waals surface area contributed by atoms with Crippen LogP contribution >= 0.6 is 12.2 Å². The maximum Gasteiger partial charge on any atom is 0.229 e. The number of rotatable bonds is 7. The van der Waals surface area contributed by atoms with Gasteiger partial charge in [-0.2, -0.15) is 0 Å². The van der Waals surface area contributed by atoms with Crippen LogP contribution in [0.1, 0.15) is 17.9 Å². The van der Waals surface area contributed by atoms with Crippen LogP contribution in [0.15, 0.2) is 79.0 Å². The Labute approximate surface area is 214 Å². The zero-order valence-corrected chi connectivity index (χ0v) is 20.7. The normalized spacial score (nSPS) is 16.2. The van der Waals surface area contributed by atoms with Crippen LogP contribution < -0.4 is 24.8 Å². The standard InChI is InChI=1S/C28H25N3O4S/c1-33-25-15-22-23(16-26(25)34-2)29-13-12-24(22)35-19-10-8-18(9-11-19)30-28(36)31-27(32)21-14-20(21)17-6-4-3-5-7-17/h3-13,15-16,20-21H,14H2,1-2H3,(H2,30,31,32,36)/t20-,21?/m1/s1. The molecule has 1 aliphatic carbocycles. The summed E-state index contributed by atoms with van der Waals surface area (Å²) in [5.74, 6) is 2.64. The number of hydrogen-bond donors (Lipinski definition) is 2. The number of methoxy groups -OCH3 is 2. The van der Waals surface area contributed by atoms with Gasteiger partial charge in [-0.15, -0.1) is 0 Å². The van der Waals surface area contributed by atoms with Crippen molar-refractivity contribution in [3.63, 3.8) is 0 Å². The van der Waals surface area contributed by atoms with Crippen LogP contribution in [-0.4, -0.2) is 30.2 Å². The lowest BCUT2D eigenvalue weighted by Gasteiger charge is -2.13. The number of carbonyl (C=O) groups is 1. The minimum atomic E-state index is -0.0575. The minimum Gasteiger partial charge on any atom is -0.493 e. The molecule has 1 saturated carbocycles. The van der Waals surface area contributed by atoms with Crippen molar-refractivity contribution in [3.8, 4) is 23.0 Å². The van der Waals surface area contributed by atoms with Crippen molar-refractivity contribution in [2.45, 2.75) is 12.3 Å². The molecule has 4 aromatic rings. The number of nitrogens with one attached hydrogen (secondary N) is 2. The minimum absolute atomic E-state index is 0.0447. The van der Waals surface area contributed by atoms with Gasteiger partial charge < -0.3 is 24.8 Å². The Balaban J connectivity index is 1.20. The molecule has 3 aromatic carbocycles. The summed E-state index contributed by atoms with van der Waals surface area (Å²) in [6.07, 6.45) is 2.52. The van der Waals surface area contributed by atoms with Crippen LogP contribution in [0.5, 0.6) is 23.0 Å². The van der Waals surface area contributed by atoms with E-state index >= 15 is 0 Å². The first-order valence-electron chi connectivity index (χ1n) is 11.5. The Morgan fingerprint density at radius 2 is 1.67 bits per heavy atom. The molecule has 5 rings (SSSR count). The smallest absolute Gasteiger partial charge is 0.229 e. The number of ether oxygens (including phenoxy) is 3. The highest BCUT2D eigenvalue weighted by Crippen LogP contribution is 2.47. The van der Waals surface area contributed by atoms with Gasteiger partial charge in [-0.05, 0) is 66.5 Å². The largest absolute Gasteiger partial charge is 0.493 e. The zero-order valence-electron chi connectivity index (χ0n) is 19.9. The monoisotopic (exact) mass is 499 g/mol. The number of pyridine rings is 1. The lowest BCUT2D eigenvalue weighted by Crippen LogP contribution is -2.35. The van der Waals surface area contributed by atoms with E-state index < -0.39 is 0 Å². The molecule has 1 amide bonds. The fraction of sp³-hybridized carbons (Fsp3) is 0.179. The summed E-state index contributed by atoms with van der Waals surface area (Å²) >= 11 is 5.35. The second kappa shape index (κ2) is 10.2. The summed E-state index contributed by atoms with van der Waals surface area (Å²) < 4.78 is 16.9. The van der Waals surface area contributed by atoms with Gasteiger partial charge in [-0.3, -0.25) is 9.78 Å². The van der Waals surface area contributed by atoms with Gasteiger partial charge in [0.25, 0.3) is 0 Å². The number of fused-ring (bicyclic) bond motifs is 1. The summed E-state index contributed by atoms with van der Waals surface area (Å²) in [4.78, 5) is 17.0. The molecule has 182 valence electrons. The van der Waals surface area contributed by atoms with Gasteiger partial charge in [0.1, 0.15) is 11.5 Å². The first-order chi connectivity index (χ1) is 17.6. The van der Waals surface area contributed by atoms with Crippen molar-refractivity contribution in [3.05, 3.63) is 84.6 Å². The molecule has 8 heteroatoms. The predicted octanol–water partition coefficient (Wildman–Crippen LogP) is 5.66. The molecule has 0 bridgehead atoms. The van der Waals surface area contributed by atoms with Crippen LogP contribution in [0.25, 0.3) is 10.9 Å². The molecule has 1 aliphatic rings. The van der Waals surface area contributed by atoms with E-state index in [9.17, 15) is 4.79 Å².